The predicted molar refractivity (Wildman–Crippen MR) is 67.4 cm³/mol. The molecule has 16 heavy (non-hydrogen) atoms. The van der Waals surface area contributed by atoms with Crippen LogP contribution in [0.1, 0.15) is 6.92 Å². The van der Waals surface area contributed by atoms with Crippen molar-refractivity contribution in [2.75, 3.05) is 30.3 Å². The quantitative estimate of drug-likeness (QED) is 0.601. The van der Waals surface area contributed by atoms with Crippen LogP contribution in [0.4, 0.5) is 11.6 Å². The van der Waals surface area contributed by atoms with Crippen molar-refractivity contribution in [1.29, 1.82) is 0 Å². The first-order valence-corrected chi connectivity index (χ1v) is 5.37. The number of nitrogens with zero attached hydrogens (tertiary/aromatic N) is 2. The van der Waals surface area contributed by atoms with Gasteiger partial charge < -0.3 is 16.4 Å². The summed E-state index contributed by atoms with van der Waals surface area (Å²) < 4.78 is 0. The Morgan fingerprint density at radius 1 is 1.44 bits per heavy atom. The van der Waals surface area contributed by atoms with Crippen molar-refractivity contribution in [3.05, 3.63) is 25.0 Å². The molecule has 88 valence electrons. The van der Waals surface area contributed by atoms with Crippen LogP contribution in [0.3, 0.4) is 0 Å². The Kier molecular flexibility index (Phi) is 5.28. The maximum atomic E-state index is 5.54. The largest absolute Gasteiger partial charge is 0.370 e. The Hall–Kier alpha value is -1.62. The molecule has 1 unspecified atom stereocenters. The Bertz CT molecular complexity index is 326. The average Bonchev–Trinajstić information content (AvgIpc) is 2.34. The van der Waals surface area contributed by atoms with E-state index >= 15 is 0 Å². The minimum Gasteiger partial charge on any atom is -0.370 e. The zero-order valence-electron chi connectivity index (χ0n) is 9.61. The van der Waals surface area contributed by atoms with Crippen LogP contribution in [-0.4, -0.2) is 29.6 Å². The van der Waals surface area contributed by atoms with Crippen molar-refractivity contribution in [2.24, 2.45) is 11.7 Å². The van der Waals surface area contributed by atoms with E-state index in [2.05, 4.69) is 34.1 Å². The van der Waals surface area contributed by atoms with Gasteiger partial charge in [0.1, 0.15) is 18.0 Å². The van der Waals surface area contributed by atoms with Crippen LogP contribution in [0.15, 0.2) is 25.0 Å². The molecule has 0 amide bonds. The van der Waals surface area contributed by atoms with Gasteiger partial charge in [-0.3, -0.25) is 0 Å². The number of aromatic nitrogens is 2. The highest BCUT2D eigenvalue weighted by Gasteiger charge is 2.00. The number of nitrogens with two attached hydrogens (primary N) is 1. The van der Waals surface area contributed by atoms with Gasteiger partial charge in [-0.1, -0.05) is 13.0 Å². The normalized spacial score (nSPS) is 11.9. The monoisotopic (exact) mass is 221 g/mol. The highest BCUT2D eigenvalue weighted by molar-refractivity contribution is 5.46. The van der Waals surface area contributed by atoms with E-state index in [0.717, 1.165) is 18.2 Å². The van der Waals surface area contributed by atoms with Gasteiger partial charge in [-0.2, -0.15) is 0 Å². The fourth-order valence-electron chi connectivity index (χ4n) is 1.09. The van der Waals surface area contributed by atoms with E-state index in [1.807, 2.05) is 6.07 Å². The first kappa shape index (κ1) is 12.4. The van der Waals surface area contributed by atoms with Crippen LogP contribution in [-0.2, 0) is 0 Å². The maximum absolute atomic E-state index is 5.54. The Morgan fingerprint density at radius 2 is 2.12 bits per heavy atom. The summed E-state index contributed by atoms with van der Waals surface area (Å²) in [6.07, 6.45) is 3.31. The summed E-state index contributed by atoms with van der Waals surface area (Å²) in [5, 5.41) is 6.32. The van der Waals surface area contributed by atoms with E-state index in [0.29, 0.717) is 19.0 Å². The summed E-state index contributed by atoms with van der Waals surface area (Å²) >= 11 is 0. The van der Waals surface area contributed by atoms with E-state index in [9.17, 15) is 0 Å². The molecule has 0 aliphatic rings. The summed E-state index contributed by atoms with van der Waals surface area (Å²) in [7, 11) is 0. The first-order valence-electron chi connectivity index (χ1n) is 5.37. The van der Waals surface area contributed by atoms with Gasteiger partial charge in [-0.15, -0.1) is 6.58 Å². The zero-order valence-corrected chi connectivity index (χ0v) is 9.61. The summed E-state index contributed by atoms with van der Waals surface area (Å²) in [6.45, 7) is 7.89. The Morgan fingerprint density at radius 3 is 2.75 bits per heavy atom. The van der Waals surface area contributed by atoms with Gasteiger partial charge in [0.2, 0.25) is 0 Å². The summed E-state index contributed by atoms with van der Waals surface area (Å²) in [4.78, 5) is 8.21. The van der Waals surface area contributed by atoms with E-state index in [1.165, 1.54) is 6.33 Å². The summed E-state index contributed by atoms with van der Waals surface area (Å²) in [5.41, 5.74) is 5.54. The van der Waals surface area contributed by atoms with Gasteiger partial charge >= 0.3 is 0 Å². The standard InChI is InChI=1S/C11H19N5/c1-3-4-13-10-5-11(16-8-15-10)14-7-9(2)6-12/h3,5,8-9H,1,4,6-7,12H2,2H3,(H2,13,14,15,16). The van der Waals surface area contributed by atoms with Crippen LogP contribution in [0, 0.1) is 5.92 Å². The van der Waals surface area contributed by atoms with Crippen molar-refractivity contribution in [2.45, 2.75) is 6.92 Å². The molecule has 0 aromatic carbocycles. The molecule has 0 radical (unpaired) electrons. The molecule has 0 bridgehead atoms. The molecule has 0 saturated carbocycles. The van der Waals surface area contributed by atoms with Crippen molar-refractivity contribution in [1.82, 2.24) is 9.97 Å². The van der Waals surface area contributed by atoms with Gasteiger partial charge in [0, 0.05) is 19.2 Å². The Labute approximate surface area is 96.2 Å². The highest BCUT2D eigenvalue weighted by atomic mass is 15.1. The van der Waals surface area contributed by atoms with Crippen LogP contribution >= 0.6 is 0 Å². The molecule has 0 saturated heterocycles. The maximum Gasteiger partial charge on any atom is 0.131 e. The highest BCUT2D eigenvalue weighted by Crippen LogP contribution is 2.08. The SMILES string of the molecule is C=CCNc1cc(NCC(C)CN)ncn1. The molecule has 1 atom stereocenters. The van der Waals surface area contributed by atoms with Crippen LogP contribution in [0.25, 0.3) is 0 Å². The van der Waals surface area contributed by atoms with Gasteiger partial charge in [0.15, 0.2) is 0 Å². The molecule has 1 rings (SSSR count). The van der Waals surface area contributed by atoms with Gasteiger partial charge in [-0.05, 0) is 12.5 Å². The molecule has 1 aromatic heterocycles. The average molecular weight is 221 g/mol. The first-order chi connectivity index (χ1) is 7.76. The van der Waals surface area contributed by atoms with Gasteiger partial charge in [0.05, 0.1) is 0 Å². The lowest BCUT2D eigenvalue weighted by Crippen LogP contribution is -2.20. The van der Waals surface area contributed by atoms with Crippen LogP contribution < -0.4 is 16.4 Å². The molecular formula is C11H19N5. The number of hydrogen-bond acceptors (Lipinski definition) is 5. The molecular weight excluding hydrogens is 202 g/mol. The minimum absolute atomic E-state index is 0.430. The molecule has 0 aliphatic carbocycles. The van der Waals surface area contributed by atoms with Crippen LogP contribution in [0.5, 0.6) is 0 Å². The van der Waals surface area contributed by atoms with E-state index in [1.54, 1.807) is 6.08 Å². The molecule has 1 heterocycles. The number of rotatable bonds is 7. The Balaban J connectivity index is 2.49. The number of anilines is 2. The molecule has 5 heteroatoms. The summed E-state index contributed by atoms with van der Waals surface area (Å²) in [5.74, 6) is 2.03. The minimum atomic E-state index is 0.430. The van der Waals surface area contributed by atoms with E-state index in [4.69, 9.17) is 5.73 Å². The fourth-order valence-corrected chi connectivity index (χ4v) is 1.09. The third-order valence-corrected chi connectivity index (χ3v) is 2.13. The summed E-state index contributed by atoms with van der Waals surface area (Å²) in [6, 6.07) is 1.87. The van der Waals surface area contributed by atoms with Gasteiger partial charge in [-0.25, -0.2) is 9.97 Å². The molecule has 1 aromatic rings. The molecule has 5 nitrogen and oxygen atoms in total. The lowest BCUT2D eigenvalue weighted by atomic mass is 10.2. The van der Waals surface area contributed by atoms with E-state index in [-0.39, 0.29) is 0 Å². The third kappa shape index (κ3) is 4.27. The molecule has 0 aliphatic heterocycles. The topological polar surface area (TPSA) is 75.9 Å². The van der Waals surface area contributed by atoms with Crippen molar-refractivity contribution >= 4 is 11.6 Å². The van der Waals surface area contributed by atoms with Crippen molar-refractivity contribution in [3.63, 3.8) is 0 Å². The van der Waals surface area contributed by atoms with Crippen LogP contribution in [0.2, 0.25) is 0 Å². The fraction of sp³-hybridized carbons (Fsp3) is 0.455. The number of nitrogens with one attached hydrogen (secondary N) is 2. The third-order valence-electron chi connectivity index (χ3n) is 2.13. The lowest BCUT2D eigenvalue weighted by molar-refractivity contribution is 0.627. The molecule has 4 N–H and O–H groups in total. The van der Waals surface area contributed by atoms with Crippen molar-refractivity contribution in [3.8, 4) is 0 Å². The molecule has 0 spiro atoms. The van der Waals surface area contributed by atoms with Crippen molar-refractivity contribution < 1.29 is 0 Å². The number of hydrogen-bond donors (Lipinski definition) is 3. The predicted octanol–water partition coefficient (Wildman–Crippen LogP) is 1.08. The zero-order chi connectivity index (χ0) is 11.8. The second-order valence-corrected chi connectivity index (χ2v) is 3.68. The smallest absolute Gasteiger partial charge is 0.131 e. The second-order valence-electron chi connectivity index (χ2n) is 3.68. The molecule has 0 fully saturated rings. The second kappa shape index (κ2) is 6.79. The van der Waals surface area contributed by atoms with Gasteiger partial charge in [0.25, 0.3) is 0 Å². The lowest BCUT2D eigenvalue weighted by Gasteiger charge is -2.11. The van der Waals surface area contributed by atoms with E-state index < -0.39 is 0 Å².